The molecule has 3 nitrogen and oxygen atoms in total. The molecule has 0 aliphatic heterocycles. The number of hydrogen-bond acceptors (Lipinski definition) is 3. The Kier molecular flexibility index (Phi) is 5.63. The van der Waals surface area contributed by atoms with Crippen LogP contribution in [-0.2, 0) is 6.54 Å². The third-order valence-electron chi connectivity index (χ3n) is 2.13. The molecule has 0 amide bonds. The molecule has 0 aromatic heterocycles. The predicted molar refractivity (Wildman–Crippen MR) is 69.2 cm³/mol. The molecule has 0 heterocycles. The minimum absolute atomic E-state index is 0.703. The van der Waals surface area contributed by atoms with Crippen molar-refractivity contribution in [3.63, 3.8) is 0 Å². The van der Waals surface area contributed by atoms with E-state index in [1.54, 1.807) is 7.11 Å². The molecule has 90 valence electrons. The van der Waals surface area contributed by atoms with Crippen LogP contribution < -0.4 is 14.8 Å². The SMILES string of the molecule is CCCOc1c(CNC)cc(Br)cc1OC. The van der Waals surface area contributed by atoms with Gasteiger partial charge in [0.1, 0.15) is 0 Å². The highest BCUT2D eigenvalue weighted by Gasteiger charge is 2.11. The van der Waals surface area contributed by atoms with E-state index in [1.165, 1.54) is 0 Å². The monoisotopic (exact) mass is 287 g/mol. The molecule has 0 bridgehead atoms. The van der Waals surface area contributed by atoms with E-state index in [2.05, 4.69) is 28.2 Å². The van der Waals surface area contributed by atoms with Crippen LogP contribution in [0.25, 0.3) is 0 Å². The highest BCUT2D eigenvalue weighted by Crippen LogP contribution is 2.34. The second kappa shape index (κ2) is 6.76. The van der Waals surface area contributed by atoms with E-state index in [4.69, 9.17) is 9.47 Å². The summed E-state index contributed by atoms with van der Waals surface area (Å²) in [7, 11) is 3.57. The van der Waals surface area contributed by atoms with Gasteiger partial charge in [-0.05, 0) is 25.6 Å². The molecule has 16 heavy (non-hydrogen) atoms. The Labute approximate surface area is 105 Å². The molecule has 0 spiro atoms. The number of nitrogens with one attached hydrogen (secondary N) is 1. The van der Waals surface area contributed by atoms with Crippen molar-refractivity contribution in [2.45, 2.75) is 19.9 Å². The van der Waals surface area contributed by atoms with E-state index in [0.29, 0.717) is 6.61 Å². The molecular weight excluding hydrogens is 270 g/mol. The molecule has 4 heteroatoms. The Morgan fingerprint density at radius 1 is 1.38 bits per heavy atom. The Morgan fingerprint density at radius 2 is 2.12 bits per heavy atom. The van der Waals surface area contributed by atoms with Crippen molar-refractivity contribution in [1.29, 1.82) is 0 Å². The Hall–Kier alpha value is -0.740. The molecule has 1 aromatic rings. The molecule has 0 atom stereocenters. The average Bonchev–Trinajstić information content (AvgIpc) is 2.27. The van der Waals surface area contributed by atoms with Crippen LogP contribution in [0.1, 0.15) is 18.9 Å². The average molecular weight is 288 g/mol. The number of methoxy groups -OCH3 is 1. The van der Waals surface area contributed by atoms with Crippen LogP contribution in [0.4, 0.5) is 0 Å². The minimum Gasteiger partial charge on any atom is -0.493 e. The first-order chi connectivity index (χ1) is 7.72. The number of halogens is 1. The topological polar surface area (TPSA) is 30.5 Å². The zero-order chi connectivity index (χ0) is 12.0. The molecule has 1 N–H and O–H groups in total. The Bertz CT molecular complexity index is 342. The normalized spacial score (nSPS) is 10.2. The fourth-order valence-corrected chi connectivity index (χ4v) is 1.95. The van der Waals surface area contributed by atoms with Crippen LogP contribution in [0, 0.1) is 0 Å². The molecule has 0 saturated heterocycles. The van der Waals surface area contributed by atoms with Crippen LogP contribution >= 0.6 is 15.9 Å². The van der Waals surface area contributed by atoms with Crippen LogP contribution in [0.5, 0.6) is 11.5 Å². The molecule has 0 radical (unpaired) electrons. The zero-order valence-corrected chi connectivity index (χ0v) is 11.6. The van der Waals surface area contributed by atoms with Gasteiger partial charge in [-0.3, -0.25) is 0 Å². The lowest BCUT2D eigenvalue weighted by Crippen LogP contribution is -2.09. The second-order valence-corrected chi connectivity index (χ2v) is 4.39. The second-order valence-electron chi connectivity index (χ2n) is 3.48. The summed E-state index contributed by atoms with van der Waals surface area (Å²) in [4.78, 5) is 0. The van der Waals surface area contributed by atoms with Crippen molar-refractivity contribution in [1.82, 2.24) is 5.32 Å². The van der Waals surface area contributed by atoms with Gasteiger partial charge >= 0.3 is 0 Å². The molecule has 0 fully saturated rings. The lowest BCUT2D eigenvalue weighted by atomic mass is 10.2. The molecule has 1 rings (SSSR count). The van der Waals surface area contributed by atoms with Gasteiger partial charge in [-0.15, -0.1) is 0 Å². The van der Waals surface area contributed by atoms with Gasteiger partial charge in [-0.1, -0.05) is 22.9 Å². The van der Waals surface area contributed by atoms with E-state index in [1.807, 2.05) is 19.2 Å². The van der Waals surface area contributed by atoms with Gasteiger partial charge in [0.2, 0.25) is 0 Å². The molecule has 1 aromatic carbocycles. The van der Waals surface area contributed by atoms with E-state index in [-0.39, 0.29) is 0 Å². The fraction of sp³-hybridized carbons (Fsp3) is 0.500. The predicted octanol–water partition coefficient (Wildman–Crippen LogP) is 2.97. The first-order valence-corrected chi connectivity index (χ1v) is 6.16. The van der Waals surface area contributed by atoms with E-state index in [9.17, 15) is 0 Å². The van der Waals surface area contributed by atoms with Gasteiger partial charge in [-0.2, -0.15) is 0 Å². The maximum absolute atomic E-state index is 5.73. The van der Waals surface area contributed by atoms with E-state index in [0.717, 1.165) is 34.5 Å². The van der Waals surface area contributed by atoms with Crippen LogP contribution in [0.2, 0.25) is 0 Å². The Balaban J connectivity index is 3.05. The van der Waals surface area contributed by atoms with Crippen LogP contribution in [-0.4, -0.2) is 20.8 Å². The summed E-state index contributed by atoms with van der Waals surface area (Å²) in [5.41, 5.74) is 1.10. The largest absolute Gasteiger partial charge is 0.493 e. The van der Waals surface area contributed by atoms with Gasteiger partial charge in [0.05, 0.1) is 13.7 Å². The maximum atomic E-state index is 5.73. The summed E-state index contributed by atoms with van der Waals surface area (Å²) >= 11 is 3.46. The summed E-state index contributed by atoms with van der Waals surface area (Å²) in [5.74, 6) is 1.61. The first kappa shape index (κ1) is 13.3. The third-order valence-corrected chi connectivity index (χ3v) is 2.59. The summed E-state index contributed by atoms with van der Waals surface area (Å²) in [5, 5.41) is 3.12. The van der Waals surface area contributed by atoms with Gasteiger partial charge in [0.25, 0.3) is 0 Å². The van der Waals surface area contributed by atoms with Crippen molar-refractivity contribution in [2.24, 2.45) is 0 Å². The highest BCUT2D eigenvalue weighted by atomic mass is 79.9. The minimum atomic E-state index is 0.703. The number of ether oxygens (including phenoxy) is 2. The summed E-state index contributed by atoms with van der Waals surface area (Å²) in [6.45, 7) is 3.55. The summed E-state index contributed by atoms with van der Waals surface area (Å²) in [6, 6.07) is 3.97. The lowest BCUT2D eigenvalue weighted by Gasteiger charge is -2.15. The maximum Gasteiger partial charge on any atom is 0.165 e. The van der Waals surface area contributed by atoms with E-state index < -0.39 is 0 Å². The van der Waals surface area contributed by atoms with Crippen molar-refractivity contribution < 1.29 is 9.47 Å². The van der Waals surface area contributed by atoms with Crippen molar-refractivity contribution in [3.8, 4) is 11.5 Å². The van der Waals surface area contributed by atoms with Gasteiger partial charge in [0.15, 0.2) is 11.5 Å². The van der Waals surface area contributed by atoms with Gasteiger partial charge in [0, 0.05) is 16.6 Å². The lowest BCUT2D eigenvalue weighted by molar-refractivity contribution is 0.290. The summed E-state index contributed by atoms with van der Waals surface area (Å²) in [6.07, 6.45) is 0.984. The first-order valence-electron chi connectivity index (χ1n) is 5.36. The molecular formula is C12H18BrNO2. The van der Waals surface area contributed by atoms with Crippen molar-refractivity contribution >= 4 is 15.9 Å². The smallest absolute Gasteiger partial charge is 0.165 e. The number of benzene rings is 1. The van der Waals surface area contributed by atoms with Gasteiger partial charge < -0.3 is 14.8 Å². The zero-order valence-electron chi connectivity index (χ0n) is 9.97. The highest BCUT2D eigenvalue weighted by molar-refractivity contribution is 9.10. The van der Waals surface area contributed by atoms with Crippen molar-refractivity contribution in [2.75, 3.05) is 20.8 Å². The van der Waals surface area contributed by atoms with Gasteiger partial charge in [-0.25, -0.2) is 0 Å². The number of rotatable bonds is 6. The standard InChI is InChI=1S/C12H18BrNO2/c1-4-5-16-12-9(8-14-2)6-10(13)7-11(12)15-3/h6-7,14H,4-5,8H2,1-3H3. The summed E-state index contributed by atoms with van der Waals surface area (Å²) < 4.78 is 12.1. The molecule has 0 unspecified atom stereocenters. The number of hydrogen-bond donors (Lipinski definition) is 1. The third kappa shape index (κ3) is 3.39. The quantitative estimate of drug-likeness (QED) is 0.873. The molecule has 0 saturated carbocycles. The Morgan fingerprint density at radius 3 is 2.69 bits per heavy atom. The van der Waals surface area contributed by atoms with Crippen LogP contribution in [0.15, 0.2) is 16.6 Å². The fourth-order valence-electron chi connectivity index (χ4n) is 1.46. The van der Waals surface area contributed by atoms with E-state index >= 15 is 0 Å². The van der Waals surface area contributed by atoms with Crippen molar-refractivity contribution in [3.05, 3.63) is 22.2 Å². The molecule has 0 aliphatic carbocycles. The van der Waals surface area contributed by atoms with Crippen LogP contribution in [0.3, 0.4) is 0 Å². The molecule has 0 aliphatic rings.